The molecule has 1 atom stereocenters. The number of anilines is 1. The van der Waals surface area contributed by atoms with E-state index in [9.17, 15) is 14.4 Å². The van der Waals surface area contributed by atoms with Crippen molar-refractivity contribution < 1.29 is 23.5 Å². The number of rotatable bonds is 6. The van der Waals surface area contributed by atoms with Gasteiger partial charge in [-0.25, -0.2) is 4.90 Å². The van der Waals surface area contributed by atoms with Crippen molar-refractivity contribution in [1.29, 1.82) is 0 Å². The minimum atomic E-state index is -0.815. The van der Waals surface area contributed by atoms with E-state index in [0.717, 1.165) is 32.1 Å². The molecule has 1 saturated carbocycles. The Kier molecular flexibility index (Phi) is 5.88. The zero-order chi connectivity index (χ0) is 21.1. The van der Waals surface area contributed by atoms with Gasteiger partial charge in [-0.2, -0.15) is 0 Å². The van der Waals surface area contributed by atoms with Crippen LogP contribution in [0.2, 0.25) is 0 Å². The monoisotopic (exact) mass is 410 g/mol. The molecule has 1 aromatic heterocycles. The molecule has 0 bridgehead atoms. The maximum atomic E-state index is 13.3. The van der Waals surface area contributed by atoms with E-state index in [2.05, 4.69) is 0 Å². The number of carbonyl (C=O) groups excluding carboxylic acids is 3. The molecule has 2 heterocycles. The second-order valence-corrected chi connectivity index (χ2v) is 7.70. The fourth-order valence-electron chi connectivity index (χ4n) is 4.41. The Morgan fingerprint density at radius 2 is 1.87 bits per heavy atom. The summed E-state index contributed by atoms with van der Waals surface area (Å²) in [5, 5.41) is 0. The third-order valence-corrected chi connectivity index (χ3v) is 5.80. The fourth-order valence-corrected chi connectivity index (χ4v) is 4.41. The van der Waals surface area contributed by atoms with E-state index in [4.69, 9.17) is 9.15 Å². The van der Waals surface area contributed by atoms with E-state index in [-0.39, 0.29) is 35.9 Å². The van der Waals surface area contributed by atoms with Gasteiger partial charge in [-0.15, -0.1) is 0 Å². The van der Waals surface area contributed by atoms with Crippen molar-refractivity contribution in [3.05, 3.63) is 48.4 Å². The van der Waals surface area contributed by atoms with E-state index in [1.807, 2.05) is 6.92 Å². The van der Waals surface area contributed by atoms with Gasteiger partial charge in [-0.05, 0) is 56.2 Å². The Morgan fingerprint density at radius 1 is 1.13 bits per heavy atom. The van der Waals surface area contributed by atoms with Crippen LogP contribution in [0.25, 0.3) is 0 Å². The van der Waals surface area contributed by atoms with Crippen LogP contribution in [0.5, 0.6) is 5.75 Å². The molecular weight excluding hydrogens is 384 g/mol. The third-order valence-electron chi connectivity index (χ3n) is 5.80. The summed E-state index contributed by atoms with van der Waals surface area (Å²) in [5.74, 6) is -0.127. The van der Waals surface area contributed by atoms with Crippen molar-refractivity contribution in [3.63, 3.8) is 0 Å². The van der Waals surface area contributed by atoms with Crippen molar-refractivity contribution >= 4 is 23.4 Å². The predicted molar refractivity (Wildman–Crippen MR) is 110 cm³/mol. The molecule has 1 aliphatic carbocycles. The molecule has 1 unspecified atom stereocenters. The number of hydrogen-bond donors (Lipinski definition) is 0. The maximum Gasteiger partial charge on any atom is 0.290 e. The topological polar surface area (TPSA) is 80.1 Å². The summed E-state index contributed by atoms with van der Waals surface area (Å²) in [6.45, 7) is 2.43. The Labute approximate surface area is 175 Å². The van der Waals surface area contributed by atoms with Crippen LogP contribution in [0, 0.1) is 0 Å². The van der Waals surface area contributed by atoms with Gasteiger partial charge in [0.25, 0.3) is 11.8 Å². The summed E-state index contributed by atoms with van der Waals surface area (Å²) in [6.07, 6.45) is 6.21. The normalized spacial score (nSPS) is 19.9. The molecule has 30 heavy (non-hydrogen) atoms. The first-order valence-electron chi connectivity index (χ1n) is 10.6. The molecule has 0 spiro atoms. The number of hydrogen-bond acceptors (Lipinski definition) is 5. The summed E-state index contributed by atoms with van der Waals surface area (Å²) < 4.78 is 10.8. The summed E-state index contributed by atoms with van der Waals surface area (Å²) in [5.41, 5.74) is 0.491. The van der Waals surface area contributed by atoms with Crippen molar-refractivity contribution in [2.45, 2.75) is 57.5 Å². The Hall–Kier alpha value is -3.09. The molecule has 4 rings (SSSR count). The fraction of sp³-hybridized carbons (Fsp3) is 0.435. The molecule has 1 saturated heterocycles. The molecule has 2 aromatic rings. The molecule has 3 amide bonds. The molecule has 2 fully saturated rings. The second-order valence-electron chi connectivity index (χ2n) is 7.70. The number of nitrogens with zero attached hydrogens (tertiary/aromatic N) is 2. The lowest BCUT2D eigenvalue weighted by Crippen LogP contribution is -2.51. The van der Waals surface area contributed by atoms with Gasteiger partial charge in [0.15, 0.2) is 5.76 Å². The van der Waals surface area contributed by atoms with Crippen LogP contribution in [0.15, 0.2) is 47.1 Å². The predicted octanol–water partition coefficient (Wildman–Crippen LogP) is 3.79. The Bertz CT molecular complexity index is 900. The van der Waals surface area contributed by atoms with Crippen LogP contribution in [0.1, 0.15) is 56.0 Å². The van der Waals surface area contributed by atoms with Gasteiger partial charge in [0, 0.05) is 6.04 Å². The Morgan fingerprint density at radius 3 is 2.50 bits per heavy atom. The molecule has 1 aromatic carbocycles. The Balaban J connectivity index is 1.62. The first-order valence-corrected chi connectivity index (χ1v) is 10.6. The molecule has 158 valence electrons. The van der Waals surface area contributed by atoms with Crippen molar-refractivity contribution in [2.24, 2.45) is 0 Å². The third kappa shape index (κ3) is 3.84. The zero-order valence-electron chi connectivity index (χ0n) is 17.1. The molecule has 1 aliphatic heterocycles. The van der Waals surface area contributed by atoms with E-state index >= 15 is 0 Å². The molecule has 7 nitrogen and oxygen atoms in total. The van der Waals surface area contributed by atoms with E-state index in [1.54, 1.807) is 41.3 Å². The van der Waals surface area contributed by atoms with Crippen LogP contribution in [0.3, 0.4) is 0 Å². The van der Waals surface area contributed by atoms with Crippen molar-refractivity contribution in [1.82, 2.24) is 4.90 Å². The molecular formula is C23H26N2O5. The van der Waals surface area contributed by atoms with Gasteiger partial charge >= 0.3 is 0 Å². The van der Waals surface area contributed by atoms with E-state index in [1.165, 1.54) is 11.2 Å². The number of benzene rings is 1. The van der Waals surface area contributed by atoms with Crippen LogP contribution >= 0.6 is 0 Å². The van der Waals surface area contributed by atoms with Crippen LogP contribution in [0.4, 0.5) is 5.69 Å². The van der Waals surface area contributed by atoms with Crippen molar-refractivity contribution in [3.8, 4) is 5.75 Å². The van der Waals surface area contributed by atoms with Gasteiger partial charge < -0.3 is 14.1 Å². The maximum absolute atomic E-state index is 13.3. The molecule has 2 aliphatic rings. The van der Waals surface area contributed by atoms with E-state index in [0.29, 0.717) is 18.0 Å². The lowest BCUT2D eigenvalue weighted by atomic mass is 9.92. The summed E-state index contributed by atoms with van der Waals surface area (Å²) >= 11 is 0. The van der Waals surface area contributed by atoms with Gasteiger partial charge in [-0.1, -0.05) is 19.3 Å². The number of ether oxygens (including phenoxy) is 1. The summed E-state index contributed by atoms with van der Waals surface area (Å²) in [4.78, 5) is 42.2. The summed E-state index contributed by atoms with van der Waals surface area (Å²) in [7, 11) is 0. The first-order chi connectivity index (χ1) is 14.6. The second kappa shape index (κ2) is 8.73. The van der Waals surface area contributed by atoms with Gasteiger partial charge in [0.05, 0.1) is 25.0 Å². The molecule has 7 heteroatoms. The smallest absolute Gasteiger partial charge is 0.290 e. The summed E-state index contributed by atoms with van der Waals surface area (Å²) in [6, 6.07) is 9.23. The zero-order valence-corrected chi connectivity index (χ0v) is 17.1. The van der Waals surface area contributed by atoms with Gasteiger partial charge in [-0.3, -0.25) is 14.4 Å². The number of carbonyl (C=O) groups is 3. The van der Waals surface area contributed by atoms with Crippen LogP contribution < -0.4 is 9.64 Å². The average Bonchev–Trinajstić information content (AvgIpc) is 3.39. The highest BCUT2D eigenvalue weighted by Gasteiger charge is 2.47. The quantitative estimate of drug-likeness (QED) is 0.677. The number of imide groups is 1. The highest BCUT2D eigenvalue weighted by Crippen LogP contribution is 2.32. The SMILES string of the molecule is CCOc1ccc(N2C(=O)CC(N(C(=O)c3ccco3)C3CCCCC3)C2=O)cc1. The molecule has 0 N–H and O–H groups in total. The van der Waals surface area contributed by atoms with Crippen molar-refractivity contribution in [2.75, 3.05) is 11.5 Å². The standard InChI is InChI=1S/C23H26N2O5/c1-2-29-18-12-10-17(11-13-18)25-21(26)15-19(22(25)27)24(16-7-4-3-5-8-16)23(28)20-9-6-14-30-20/h6,9-14,16,19H,2-5,7-8,15H2,1H3. The van der Waals surface area contributed by atoms with Crippen LogP contribution in [-0.2, 0) is 9.59 Å². The minimum absolute atomic E-state index is 0.0189. The lowest BCUT2D eigenvalue weighted by Gasteiger charge is -2.36. The van der Waals surface area contributed by atoms with Gasteiger partial charge in [0.1, 0.15) is 11.8 Å². The van der Waals surface area contributed by atoms with Gasteiger partial charge in [0.2, 0.25) is 5.91 Å². The number of amides is 3. The highest BCUT2D eigenvalue weighted by molar-refractivity contribution is 6.23. The first kappa shape index (κ1) is 20.2. The largest absolute Gasteiger partial charge is 0.494 e. The minimum Gasteiger partial charge on any atom is -0.494 e. The molecule has 0 radical (unpaired) electrons. The lowest BCUT2D eigenvalue weighted by molar-refractivity contribution is -0.123. The van der Waals surface area contributed by atoms with E-state index < -0.39 is 6.04 Å². The average molecular weight is 410 g/mol. The highest BCUT2D eigenvalue weighted by atomic mass is 16.5. The van der Waals surface area contributed by atoms with Crippen LogP contribution in [-0.4, -0.2) is 41.3 Å². The number of furan rings is 1.